The quantitative estimate of drug-likeness (QED) is 0.672. The summed E-state index contributed by atoms with van der Waals surface area (Å²) < 4.78 is 35.7. The predicted molar refractivity (Wildman–Crippen MR) is 81.7 cm³/mol. The highest BCUT2D eigenvalue weighted by Gasteiger charge is 2.53. The molecule has 1 aliphatic heterocycles. The van der Waals surface area contributed by atoms with E-state index in [2.05, 4.69) is 4.74 Å². The summed E-state index contributed by atoms with van der Waals surface area (Å²) in [7, 11) is 1.44. The molecule has 126 valence electrons. The maximum absolute atomic E-state index is 14.4. The normalized spacial score (nSPS) is 18.8. The van der Waals surface area contributed by atoms with Crippen molar-refractivity contribution < 1.29 is 33.1 Å². The Kier molecular flexibility index (Phi) is 4.34. The van der Waals surface area contributed by atoms with E-state index in [0.717, 1.165) is 7.11 Å². The van der Waals surface area contributed by atoms with E-state index in [-0.39, 0.29) is 16.8 Å². The molecular formula is C15H20BFO6. The number of phenolic OH excluding ortho intramolecular Hbond substituents is 1. The highest BCUT2D eigenvalue weighted by Crippen LogP contribution is 2.38. The van der Waals surface area contributed by atoms with Crippen molar-refractivity contribution in [2.45, 2.75) is 38.9 Å². The molecule has 0 amide bonds. The summed E-state index contributed by atoms with van der Waals surface area (Å²) in [6, 6.07) is 1.26. The standard InChI is InChI=1S/C15H20BFO6/c1-14(2)15(3,4)23-16(22-14)9-7-8(13(19)21-6)11(18)10(17)12(9)20-5/h7,18H,1-6H3. The number of phenols is 1. The second-order valence-electron chi connectivity index (χ2n) is 6.29. The number of carbonyl (C=O) groups is 1. The smallest absolute Gasteiger partial charge is 0.498 e. The number of aromatic hydroxyl groups is 1. The minimum Gasteiger partial charge on any atom is -0.504 e. The van der Waals surface area contributed by atoms with Crippen LogP contribution in [0.5, 0.6) is 11.5 Å². The van der Waals surface area contributed by atoms with E-state index in [0.29, 0.717) is 0 Å². The molecule has 0 radical (unpaired) electrons. The molecule has 1 N–H and O–H groups in total. The van der Waals surface area contributed by atoms with Crippen molar-refractivity contribution in [2.24, 2.45) is 0 Å². The van der Waals surface area contributed by atoms with Crippen LogP contribution >= 0.6 is 0 Å². The lowest BCUT2D eigenvalue weighted by molar-refractivity contribution is 0.00578. The lowest BCUT2D eigenvalue weighted by atomic mass is 9.77. The first-order chi connectivity index (χ1) is 10.6. The molecule has 1 heterocycles. The number of methoxy groups -OCH3 is 2. The molecular weight excluding hydrogens is 306 g/mol. The summed E-state index contributed by atoms with van der Waals surface area (Å²) in [5.74, 6) is -3.02. The van der Waals surface area contributed by atoms with E-state index in [4.69, 9.17) is 14.0 Å². The van der Waals surface area contributed by atoms with E-state index in [9.17, 15) is 14.3 Å². The van der Waals surface area contributed by atoms with Gasteiger partial charge in [0.25, 0.3) is 0 Å². The molecule has 0 bridgehead atoms. The molecule has 1 saturated heterocycles. The number of hydrogen-bond acceptors (Lipinski definition) is 6. The Balaban J connectivity index is 2.59. The van der Waals surface area contributed by atoms with E-state index < -0.39 is 35.9 Å². The van der Waals surface area contributed by atoms with Crippen LogP contribution in [0.3, 0.4) is 0 Å². The summed E-state index contributed by atoms with van der Waals surface area (Å²) in [4.78, 5) is 11.7. The molecule has 0 aromatic heterocycles. The average Bonchev–Trinajstić information content (AvgIpc) is 2.69. The number of ether oxygens (including phenoxy) is 2. The van der Waals surface area contributed by atoms with Gasteiger partial charge in [-0.15, -0.1) is 0 Å². The number of hydrogen-bond donors (Lipinski definition) is 1. The molecule has 0 unspecified atom stereocenters. The minimum atomic E-state index is -1.07. The maximum atomic E-state index is 14.4. The van der Waals surface area contributed by atoms with E-state index in [1.54, 1.807) is 0 Å². The lowest BCUT2D eigenvalue weighted by Gasteiger charge is -2.32. The van der Waals surface area contributed by atoms with E-state index in [1.807, 2.05) is 27.7 Å². The largest absolute Gasteiger partial charge is 0.504 e. The van der Waals surface area contributed by atoms with Crippen LogP contribution < -0.4 is 10.2 Å². The zero-order chi connectivity index (χ0) is 17.6. The van der Waals surface area contributed by atoms with E-state index in [1.165, 1.54) is 13.2 Å². The number of halogens is 1. The second kappa shape index (κ2) is 5.69. The van der Waals surface area contributed by atoms with Crippen LogP contribution in [-0.2, 0) is 14.0 Å². The Labute approximate surface area is 134 Å². The van der Waals surface area contributed by atoms with Gasteiger partial charge in [0.15, 0.2) is 11.5 Å². The summed E-state index contributed by atoms with van der Waals surface area (Å²) in [5.41, 5.74) is -1.46. The summed E-state index contributed by atoms with van der Waals surface area (Å²) in [5, 5.41) is 9.85. The summed E-state index contributed by atoms with van der Waals surface area (Å²) in [6.07, 6.45) is 0. The first kappa shape index (κ1) is 17.6. The van der Waals surface area contributed by atoms with Crippen LogP contribution in [-0.4, -0.2) is 43.6 Å². The molecule has 2 rings (SSSR count). The number of benzene rings is 1. The molecule has 0 saturated carbocycles. The molecule has 1 aromatic rings. The van der Waals surface area contributed by atoms with Crippen molar-refractivity contribution in [3.05, 3.63) is 17.4 Å². The van der Waals surface area contributed by atoms with Crippen LogP contribution in [0.15, 0.2) is 6.07 Å². The van der Waals surface area contributed by atoms with Crippen molar-refractivity contribution >= 4 is 18.6 Å². The van der Waals surface area contributed by atoms with Crippen LogP contribution in [0.4, 0.5) is 4.39 Å². The first-order valence-electron chi connectivity index (χ1n) is 7.09. The maximum Gasteiger partial charge on any atom is 0.498 e. The fraction of sp³-hybridized carbons (Fsp3) is 0.533. The Morgan fingerprint density at radius 1 is 1.22 bits per heavy atom. The number of carbonyl (C=O) groups excluding carboxylic acids is 1. The van der Waals surface area contributed by atoms with Gasteiger partial charge in [0.2, 0.25) is 5.82 Å². The third kappa shape index (κ3) is 2.77. The zero-order valence-corrected chi connectivity index (χ0v) is 14.0. The fourth-order valence-corrected chi connectivity index (χ4v) is 2.26. The zero-order valence-electron chi connectivity index (χ0n) is 14.0. The highest BCUT2D eigenvalue weighted by atomic mass is 19.1. The van der Waals surface area contributed by atoms with Gasteiger partial charge < -0.3 is 23.9 Å². The van der Waals surface area contributed by atoms with Gasteiger partial charge in [0.05, 0.1) is 25.4 Å². The van der Waals surface area contributed by atoms with E-state index >= 15 is 0 Å². The molecule has 0 aliphatic carbocycles. The lowest BCUT2D eigenvalue weighted by Crippen LogP contribution is -2.41. The molecule has 0 spiro atoms. The monoisotopic (exact) mass is 326 g/mol. The Morgan fingerprint density at radius 3 is 2.17 bits per heavy atom. The van der Waals surface area contributed by atoms with Gasteiger partial charge in [0.1, 0.15) is 5.56 Å². The topological polar surface area (TPSA) is 74.2 Å². The molecule has 1 fully saturated rings. The van der Waals surface area contributed by atoms with Gasteiger partial charge in [-0.1, -0.05) is 0 Å². The second-order valence-corrected chi connectivity index (χ2v) is 6.29. The molecule has 0 atom stereocenters. The molecule has 1 aliphatic rings. The van der Waals surface area contributed by atoms with Gasteiger partial charge in [-0.25, -0.2) is 4.79 Å². The SMILES string of the molecule is COC(=O)c1cc(B2OC(C)(C)C(C)(C)O2)c(OC)c(F)c1O. The van der Waals surface area contributed by atoms with Crippen molar-refractivity contribution in [2.75, 3.05) is 14.2 Å². The molecule has 1 aromatic carbocycles. The third-order valence-electron chi connectivity index (χ3n) is 4.34. The van der Waals surface area contributed by atoms with Crippen molar-refractivity contribution in [1.82, 2.24) is 0 Å². The number of esters is 1. The molecule has 8 heteroatoms. The van der Waals surface area contributed by atoms with Gasteiger partial charge in [0, 0.05) is 5.46 Å². The van der Waals surface area contributed by atoms with Gasteiger partial charge >= 0.3 is 13.1 Å². The Morgan fingerprint density at radius 2 is 1.74 bits per heavy atom. The van der Waals surface area contributed by atoms with Gasteiger partial charge in [-0.2, -0.15) is 4.39 Å². The highest BCUT2D eigenvalue weighted by molar-refractivity contribution is 6.63. The first-order valence-corrected chi connectivity index (χ1v) is 7.09. The van der Waals surface area contributed by atoms with Crippen molar-refractivity contribution in [3.8, 4) is 11.5 Å². The minimum absolute atomic E-state index is 0.168. The summed E-state index contributed by atoms with van der Waals surface area (Å²) >= 11 is 0. The Bertz CT molecular complexity index is 627. The third-order valence-corrected chi connectivity index (χ3v) is 4.34. The molecule has 6 nitrogen and oxygen atoms in total. The van der Waals surface area contributed by atoms with Crippen molar-refractivity contribution in [1.29, 1.82) is 0 Å². The average molecular weight is 326 g/mol. The van der Waals surface area contributed by atoms with Crippen molar-refractivity contribution in [3.63, 3.8) is 0 Å². The van der Waals surface area contributed by atoms with Crippen LogP contribution in [0, 0.1) is 5.82 Å². The fourth-order valence-electron chi connectivity index (χ4n) is 2.26. The Hall–Kier alpha value is -1.80. The van der Waals surface area contributed by atoms with Crippen LogP contribution in [0.2, 0.25) is 0 Å². The predicted octanol–water partition coefficient (Wildman–Crippen LogP) is 1.63. The van der Waals surface area contributed by atoms with Gasteiger partial charge in [-0.3, -0.25) is 0 Å². The van der Waals surface area contributed by atoms with Gasteiger partial charge in [-0.05, 0) is 33.8 Å². The van der Waals surface area contributed by atoms with Crippen LogP contribution in [0.25, 0.3) is 0 Å². The molecule has 23 heavy (non-hydrogen) atoms. The van der Waals surface area contributed by atoms with Crippen LogP contribution in [0.1, 0.15) is 38.1 Å². The summed E-state index contributed by atoms with van der Waals surface area (Å²) in [6.45, 7) is 7.38. The number of rotatable bonds is 3.